The molecule has 7 nitrogen and oxygen atoms in total. The SMILES string of the molecule is O=C(O)C1CCN(C(=O)c2cccc(OCc3cn4ccccc4n3)c2)C1. The van der Waals surface area contributed by atoms with E-state index in [1.807, 2.05) is 35.0 Å². The first kappa shape index (κ1) is 17.1. The summed E-state index contributed by atoms with van der Waals surface area (Å²) in [6.45, 7) is 1.01. The predicted octanol–water partition coefficient (Wildman–Crippen LogP) is 2.46. The first-order chi connectivity index (χ1) is 13.1. The summed E-state index contributed by atoms with van der Waals surface area (Å²) >= 11 is 0. The number of imidazole rings is 1. The minimum atomic E-state index is -0.852. The molecule has 1 fully saturated rings. The van der Waals surface area contributed by atoms with Crippen molar-refractivity contribution in [2.45, 2.75) is 13.0 Å². The number of ether oxygens (including phenoxy) is 1. The Bertz CT molecular complexity index is 965. The van der Waals surface area contributed by atoms with Crippen molar-refractivity contribution >= 4 is 17.5 Å². The first-order valence-electron chi connectivity index (χ1n) is 8.78. The highest BCUT2D eigenvalue weighted by Gasteiger charge is 2.31. The topological polar surface area (TPSA) is 84.1 Å². The second-order valence-electron chi connectivity index (χ2n) is 6.59. The highest BCUT2D eigenvalue weighted by atomic mass is 16.5. The van der Waals surface area contributed by atoms with Gasteiger partial charge in [0, 0.05) is 31.0 Å². The van der Waals surface area contributed by atoms with E-state index >= 15 is 0 Å². The largest absolute Gasteiger partial charge is 0.487 e. The molecule has 0 bridgehead atoms. The second-order valence-corrected chi connectivity index (χ2v) is 6.59. The number of pyridine rings is 1. The molecule has 1 amide bonds. The fourth-order valence-corrected chi connectivity index (χ4v) is 3.26. The lowest BCUT2D eigenvalue weighted by atomic mass is 10.1. The number of carbonyl (C=O) groups is 2. The minimum absolute atomic E-state index is 0.170. The molecule has 1 aromatic carbocycles. The summed E-state index contributed by atoms with van der Waals surface area (Å²) in [5, 5.41) is 9.09. The van der Waals surface area contributed by atoms with Crippen LogP contribution in [-0.4, -0.2) is 44.4 Å². The fraction of sp³-hybridized carbons (Fsp3) is 0.250. The van der Waals surface area contributed by atoms with Gasteiger partial charge in [-0.1, -0.05) is 12.1 Å². The van der Waals surface area contributed by atoms with Crippen molar-refractivity contribution in [3.63, 3.8) is 0 Å². The van der Waals surface area contributed by atoms with Crippen molar-refractivity contribution < 1.29 is 19.4 Å². The van der Waals surface area contributed by atoms with Crippen LogP contribution in [0.3, 0.4) is 0 Å². The molecule has 3 heterocycles. The van der Waals surface area contributed by atoms with Crippen molar-refractivity contribution in [2.24, 2.45) is 5.92 Å². The van der Waals surface area contributed by atoms with Gasteiger partial charge in [-0.25, -0.2) is 4.98 Å². The molecular weight excluding hydrogens is 346 g/mol. The van der Waals surface area contributed by atoms with Crippen molar-refractivity contribution in [1.29, 1.82) is 0 Å². The van der Waals surface area contributed by atoms with Crippen molar-refractivity contribution in [1.82, 2.24) is 14.3 Å². The van der Waals surface area contributed by atoms with Crippen molar-refractivity contribution in [2.75, 3.05) is 13.1 Å². The van der Waals surface area contributed by atoms with Gasteiger partial charge in [0.1, 0.15) is 18.0 Å². The minimum Gasteiger partial charge on any atom is -0.487 e. The van der Waals surface area contributed by atoms with E-state index in [9.17, 15) is 9.59 Å². The molecule has 0 spiro atoms. The Morgan fingerprint density at radius 3 is 2.89 bits per heavy atom. The predicted molar refractivity (Wildman–Crippen MR) is 97.6 cm³/mol. The van der Waals surface area contributed by atoms with E-state index in [1.165, 1.54) is 0 Å². The van der Waals surface area contributed by atoms with Gasteiger partial charge in [0.25, 0.3) is 5.91 Å². The van der Waals surface area contributed by atoms with E-state index in [2.05, 4.69) is 4.98 Å². The third kappa shape index (κ3) is 3.62. The zero-order valence-electron chi connectivity index (χ0n) is 14.6. The standard InChI is InChI=1S/C20H19N3O4/c24-19(23-9-7-15(11-23)20(25)26)14-4-3-5-17(10-14)27-13-16-12-22-8-2-1-6-18(22)21-16/h1-6,8,10,12,15H,7,9,11,13H2,(H,25,26). The van der Waals surface area contributed by atoms with Crippen LogP contribution in [-0.2, 0) is 11.4 Å². The van der Waals surface area contributed by atoms with Crippen LogP contribution < -0.4 is 4.74 Å². The van der Waals surface area contributed by atoms with Crippen LogP contribution in [0, 0.1) is 5.92 Å². The summed E-state index contributed by atoms with van der Waals surface area (Å²) < 4.78 is 7.72. The van der Waals surface area contributed by atoms with Gasteiger partial charge in [0.05, 0.1) is 11.6 Å². The summed E-state index contributed by atoms with van der Waals surface area (Å²) in [5.74, 6) is -0.929. The summed E-state index contributed by atoms with van der Waals surface area (Å²) in [7, 11) is 0. The number of aromatic nitrogens is 2. The maximum absolute atomic E-state index is 12.6. The third-order valence-electron chi connectivity index (χ3n) is 4.71. The monoisotopic (exact) mass is 365 g/mol. The molecule has 4 rings (SSSR count). The molecule has 138 valence electrons. The molecule has 1 unspecified atom stereocenters. The lowest BCUT2D eigenvalue weighted by Gasteiger charge is -2.16. The van der Waals surface area contributed by atoms with E-state index in [1.54, 1.807) is 29.2 Å². The van der Waals surface area contributed by atoms with E-state index in [4.69, 9.17) is 9.84 Å². The van der Waals surface area contributed by atoms with Gasteiger partial charge < -0.3 is 19.1 Å². The van der Waals surface area contributed by atoms with Gasteiger partial charge in [0.15, 0.2) is 0 Å². The van der Waals surface area contributed by atoms with E-state index in [-0.39, 0.29) is 12.5 Å². The number of fused-ring (bicyclic) bond motifs is 1. The lowest BCUT2D eigenvalue weighted by Crippen LogP contribution is -2.29. The highest BCUT2D eigenvalue weighted by molar-refractivity contribution is 5.95. The highest BCUT2D eigenvalue weighted by Crippen LogP contribution is 2.21. The number of carboxylic acid groups (broad SMARTS) is 1. The molecule has 27 heavy (non-hydrogen) atoms. The Balaban J connectivity index is 1.43. The average Bonchev–Trinajstić information content (AvgIpc) is 3.33. The Morgan fingerprint density at radius 2 is 2.11 bits per heavy atom. The Morgan fingerprint density at radius 1 is 1.22 bits per heavy atom. The fourth-order valence-electron chi connectivity index (χ4n) is 3.26. The molecule has 1 aliphatic heterocycles. The summed E-state index contributed by atoms with van der Waals surface area (Å²) in [6, 6.07) is 12.7. The van der Waals surface area contributed by atoms with Crippen LogP contribution in [0.4, 0.5) is 0 Å². The van der Waals surface area contributed by atoms with Crippen LogP contribution >= 0.6 is 0 Å². The number of hydrogen-bond donors (Lipinski definition) is 1. The number of carbonyl (C=O) groups excluding carboxylic acids is 1. The van der Waals surface area contributed by atoms with Gasteiger partial charge in [-0.3, -0.25) is 9.59 Å². The van der Waals surface area contributed by atoms with Gasteiger partial charge in [-0.2, -0.15) is 0 Å². The zero-order chi connectivity index (χ0) is 18.8. The van der Waals surface area contributed by atoms with Gasteiger partial charge in [-0.05, 0) is 36.8 Å². The Kier molecular flexibility index (Phi) is 4.50. The quantitative estimate of drug-likeness (QED) is 0.751. The van der Waals surface area contributed by atoms with Gasteiger partial charge in [0.2, 0.25) is 0 Å². The Hall–Kier alpha value is -3.35. The maximum atomic E-state index is 12.6. The third-order valence-corrected chi connectivity index (χ3v) is 4.71. The number of likely N-dealkylation sites (tertiary alicyclic amines) is 1. The number of nitrogens with zero attached hydrogens (tertiary/aromatic N) is 3. The molecule has 0 aliphatic carbocycles. The zero-order valence-corrected chi connectivity index (χ0v) is 14.6. The smallest absolute Gasteiger partial charge is 0.308 e. The van der Waals surface area contributed by atoms with Gasteiger partial charge in [-0.15, -0.1) is 0 Å². The normalized spacial score (nSPS) is 16.6. The molecule has 0 radical (unpaired) electrons. The van der Waals surface area contributed by atoms with Crippen LogP contribution in [0.25, 0.3) is 5.65 Å². The summed E-state index contributed by atoms with van der Waals surface area (Å²) in [6.07, 6.45) is 4.32. The molecular formula is C20H19N3O4. The lowest BCUT2D eigenvalue weighted by molar-refractivity contribution is -0.141. The molecule has 3 aromatic rings. The molecule has 1 N–H and O–H groups in total. The second kappa shape index (κ2) is 7.11. The Labute approximate surface area is 155 Å². The number of aliphatic carboxylic acids is 1. The average molecular weight is 365 g/mol. The van der Waals surface area contributed by atoms with Gasteiger partial charge >= 0.3 is 5.97 Å². The van der Waals surface area contributed by atoms with E-state index in [0.717, 1.165) is 11.3 Å². The molecule has 2 aromatic heterocycles. The summed E-state index contributed by atoms with van der Waals surface area (Å²) in [4.78, 5) is 29.8. The van der Waals surface area contributed by atoms with Crippen molar-refractivity contribution in [3.8, 4) is 5.75 Å². The molecule has 0 saturated carbocycles. The van der Waals surface area contributed by atoms with E-state index in [0.29, 0.717) is 30.9 Å². The molecule has 1 aliphatic rings. The number of hydrogen-bond acceptors (Lipinski definition) is 4. The first-order valence-corrected chi connectivity index (χ1v) is 8.78. The molecule has 1 atom stereocenters. The maximum Gasteiger partial charge on any atom is 0.308 e. The van der Waals surface area contributed by atoms with Crippen LogP contribution in [0.5, 0.6) is 5.75 Å². The van der Waals surface area contributed by atoms with Crippen LogP contribution in [0.15, 0.2) is 54.9 Å². The number of rotatable bonds is 5. The molecule has 7 heteroatoms. The van der Waals surface area contributed by atoms with Crippen molar-refractivity contribution in [3.05, 3.63) is 66.1 Å². The number of carboxylic acids is 1. The number of amides is 1. The summed E-state index contributed by atoms with van der Waals surface area (Å²) in [5.41, 5.74) is 2.14. The molecule has 1 saturated heterocycles. The van der Waals surface area contributed by atoms with Crippen LogP contribution in [0.1, 0.15) is 22.5 Å². The van der Waals surface area contributed by atoms with E-state index < -0.39 is 11.9 Å². The van der Waals surface area contributed by atoms with Crippen LogP contribution in [0.2, 0.25) is 0 Å². The number of benzene rings is 1.